The molecule has 0 saturated heterocycles. The third kappa shape index (κ3) is 6.37. The zero-order valence-electron chi connectivity index (χ0n) is 30.3. The van der Waals surface area contributed by atoms with Gasteiger partial charge in [0, 0.05) is 22.3 Å². The van der Waals surface area contributed by atoms with Gasteiger partial charge in [-0.3, -0.25) is 0 Å². The number of rotatable bonds is 7. The van der Waals surface area contributed by atoms with E-state index < -0.39 is 0 Å². The number of hydrogen-bond donors (Lipinski definition) is 0. The smallest absolute Gasteiger partial charge is 0.179 e. The van der Waals surface area contributed by atoms with Crippen molar-refractivity contribution in [1.29, 1.82) is 0 Å². The molecule has 7 aromatic carbocycles. The minimum Gasteiger partial charge on any atom is -0.241 e. The monoisotopic (exact) mass is 715 g/mol. The number of nitrogens with zero attached hydrogens (tertiary/aromatic N) is 5. The Morgan fingerprint density at radius 3 is 0.911 bits per heavy atom. The lowest BCUT2D eigenvalue weighted by Crippen LogP contribution is -2.02. The molecule has 56 heavy (non-hydrogen) atoms. The molecule has 5 nitrogen and oxygen atoms in total. The molecule has 10 rings (SSSR count). The largest absolute Gasteiger partial charge is 0.241 e. The molecule has 10 aromatic rings. The predicted molar refractivity (Wildman–Crippen MR) is 228 cm³/mol. The van der Waals surface area contributed by atoms with Gasteiger partial charge < -0.3 is 0 Å². The highest BCUT2D eigenvalue weighted by molar-refractivity contribution is 6.13. The normalized spacial score (nSPS) is 11.2. The summed E-state index contributed by atoms with van der Waals surface area (Å²) in [6.45, 7) is 0. The highest BCUT2D eigenvalue weighted by Crippen LogP contribution is 2.39. The molecule has 0 fully saturated rings. The first-order chi connectivity index (χ1) is 27.7. The fourth-order valence-electron chi connectivity index (χ4n) is 7.38. The third-order valence-corrected chi connectivity index (χ3v) is 10.1. The highest BCUT2D eigenvalue weighted by atomic mass is 15.0. The molecule has 3 aromatic heterocycles. The lowest BCUT2D eigenvalue weighted by atomic mass is 9.91. The third-order valence-electron chi connectivity index (χ3n) is 10.1. The molecule has 0 aliphatic carbocycles. The number of hydrogen-bond acceptors (Lipinski definition) is 5. The minimum atomic E-state index is 0.514. The zero-order chi connectivity index (χ0) is 37.3. The quantitative estimate of drug-likeness (QED) is 0.154. The standard InChI is InChI=1S/C51H33N5/c1-5-17-34(18-6-1)43-32-44(35-19-7-2-8-20-35)54-50(53-43)47-30-40(49-41-27-15-13-25-38(41)29-39-26-14-16-28-42(39)49)31-48(52-47)51-55-45(36-21-9-3-10-22-36)33-46(56-51)37-23-11-4-12-24-37/h1-33H. The van der Waals surface area contributed by atoms with Gasteiger partial charge >= 0.3 is 0 Å². The molecule has 0 spiro atoms. The van der Waals surface area contributed by atoms with Crippen LogP contribution in [-0.4, -0.2) is 24.9 Å². The van der Waals surface area contributed by atoms with Crippen molar-refractivity contribution in [3.05, 3.63) is 200 Å². The van der Waals surface area contributed by atoms with Crippen molar-refractivity contribution >= 4 is 21.5 Å². The average molecular weight is 716 g/mol. The van der Waals surface area contributed by atoms with Crippen LogP contribution >= 0.6 is 0 Å². The van der Waals surface area contributed by atoms with E-state index in [1.807, 2.05) is 72.8 Å². The Hall–Kier alpha value is -7.63. The second-order valence-corrected chi connectivity index (χ2v) is 13.7. The van der Waals surface area contributed by atoms with Gasteiger partial charge in [-0.2, -0.15) is 0 Å². The number of aromatic nitrogens is 5. The van der Waals surface area contributed by atoms with Gasteiger partial charge in [0.05, 0.1) is 22.8 Å². The van der Waals surface area contributed by atoms with Crippen molar-refractivity contribution < 1.29 is 0 Å². The van der Waals surface area contributed by atoms with Crippen molar-refractivity contribution in [2.75, 3.05) is 0 Å². The fraction of sp³-hybridized carbons (Fsp3) is 0. The number of benzene rings is 7. The van der Waals surface area contributed by atoms with Gasteiger partial charge in [0.1, 0.15) is 11.4 Å². The minimum absolute atomic E-state index is 0.514. The van der Waals surface area contributed by atoms with Crippen molar-refractivity contribution in [2.45, 2.75) is 0 Å². The summed E-state index contributed by atoms with van der Waals surface area (Å²) in [4.78, 5) is 26.2. The fourth-order valence-corrected chi connectivity index (χ4v) is 7.38. The SMILES string of the molecule is c1ccc(-c2cc(-c3ccccc3)nc(-c3cc(-c4c5ccccc5cc5ccccc45)cc(-c4nc(-c5ccccc5)cc(-c5ccccc5)n4)n3)n2)cc1. The maximum Gasteiger partial charge on any atom is 0.179 e. The predicted octanol–water partition coefficient (Wildman–Crippen LogP) is 12.6. The average Bonchev–Trinajstić information content (AvgIpc) is 3.29. The maximum absolute atomic E-state index is 5.35. The molecule has 0 amide bonds. The van der Waals surface area contributed by atoms with E-state index in [0.717, 1.165) is 77.7 Å². The topological polar surface area (TPSA) is 64.5 Å². The van der Waals surface area contributed by atoms with Crippen LogP contribution in [0, 0.1) is 0 Å². The van der Waals surface area contributed by atoms with Gasteiger partial charge in [-0.05, 0) is 63.0 Å². The molecule has 0 saturated carbocycles. The molecule has 5 heteroatoms. The van der Waals surface area contributed by atoms with E-state index in [1.54, 1.807) is 0 Å². The summed E-state index contributed by atoms with van der Waals surface area (Å²) in [5.74, 6) is 1.03. The van der Waals surface area contributed by atoms with E-state index in [0.29, 0.717) is 23.0 Å². The van der Waals surface area contributed by atoms with Crippen LogP contribution in [-0.2, 0) is 0 Å². The zero-order valence-corrected chi connectivity index (χ0v) is 30.3. The van der Waals surface area contributed by atoms with E-state index >= 15 is 0 Å². The number of fused-ring (bicyclic) bond motifs is 2. The number of pyridine rings is 1. The van der Waals surface area contributed by atoms with Crippen LogP contribution in [0.25, 0.3) is 101 Å². The summed E-state index contributed by atoms with van der Waals surface area (Å²) in [6, 6.07) is 68.6. The van der Waals surface area contributed by atoms with Crippen LogP contribution < -0.4 is 0 Å². The first-order valence-electron chi connectivity index (χ1n) is 18.7. The Kier molecular flexibility index (Phi) is 8.43. The summed E-state index contributed by atoms with van der Waals surface area (Å²) in [5, 5.41) is 4.59. The highest BCUT2D eigenvalue weighted by Gasteiger charge is 2.20. The first-order valence-corrected chi connectivity index (χ1v) is 18.7. The molecule has 0 aliphatic heterocycles. The van der Waals surface area contributed by atoms with Crippen LogP contribution in [0.4, 0.5) is 0 Å². The maximum atomic E-state index is 5.35. The molecule has 0 radical (unpaired) electrons. The van der Waals surface area contributed by atoms with E-state index in [2.05, 4.69) is 127 Å². The molecular weight excluding hydrogens is 683 g/mol. The lowest BCUT2D eigenvalue weighted by Gasteiger charge is -2.15. The molecule has 0 unspecified atom stereocenters. The molecule has 0 bridgehead atoms. The summed E-state index contributed by atoms with van der Waals surface area (Å²) >= 11 is 0. The van der Waals surface area contributed by atoms with Gasteiger partial charge in [0.15, 0.2) is 11.6 Å². The van der Waals surface area contributed by atoms with Crippen molar-refractivity contribution in [1.82, 2.24) is 24.9 Å². The van der Waals surface area contributed by atoms with E-state index in [9.17, 15) is 0 Å². The van der Waals surface area contributed by atoms with Gasteiger partial charge in [0.25, 0.3) is 0 Å². The summed E-state index contributed by atoms with van der Waals surface area (Å²) in [5.41, 5.74) is 10.6. The summed E-state index contributed by atoms with van der Waals surface area (Å²) in [7, 11) is 0. The molecular formula is C51H33N5. The van der Waals surface area contributed by atoms with Gasteiger partial charge in [-0.25, -0.2) is 24.9 Å². The van der Waals surface area contributed by atoms with Crippen molar-refractivity contribution in [3.8, 4) is 79.2 Å². The van der Waals surface area contributed by atoms with Crippen molar-refractivity contribution in [3.63, 3.8) is 0 Å². The molecule has 0 atom stereocenters. The van der Waals surface area contributed by atoms with Crippen LogP contribution in [0.2, 0.25) is 0 Å². The Morgan fingerprint density at radius 1 is 0.232 bits per heavy atom. The van der Waals surface area contributed by atoms with E-state index in [-0.39, 0.29) is 0 Å². The van der Waals surface area contributed by atoms with E-state index in [4.69, 9.17) is 24.9 Å². The Bertz CT molecular complexity index is 2690. The Morgan fingerprint density at radius 2 is 0.554 bits per heavy atom. The summed E-state index contributed by atoms with van der Waals surface area (Å²) < 4.78 is 0. The van der Waals surface area contributed by atoms with Crippen LogP contribution in [0.15, 0.2) is 200 Å². The lowest BCUT2D eigenvalue weighted by molar-refractivity contribution is 1.12. The van der Waals surface area contributed by atoms with E-state index in [1.165, 1.54) is 0 Å². The first kappa shape index (κ1) is 33.0. The Balaban J connectivity index is 1.28. The summed E-state index contributed by atoms with van der Waals surface area (Å²) in [6.07, 6.45) is 0. The van der Waals surface area contributed by atoms with Crippen LogP contribution in [0.1, 0.15) is 0 Å². The van der Waals surface area contributed by atoms with Crippen LogP contribution in [0.5, 0.6) is 0 Å². The molecule has 262 valence electrons. The van der Waals surface area contributed by atoms with Gasteiger partial charge in [0.2, 0.25) is 0 Å². The van der Waals surface area contributed by atoms with Gasteiger partial charge in [-0.15, -0.1) is 0 Å². The van der Waals surface area contributed by atoms with Crippen LogP contribution in [0.3, 0.4) is 0 Å². The Labute approximate surface area is 324 Å². The second-order valence-electron chi connectivity index (χ2n) is 13.7. The second kappa shape index (κ2) is 14.3. The molecule has 0 N–H and O–H groups in total. The van der Waals surface area contributed by atoms with Crippen molar-refractivity contribution in [2.24, 2.45) is 0 Å². The van der Waals surface area contributed by atoms with Gasteiger partial charge in [-0.1, -0.05) is 170 Å². The molecule has 0 aliphatic rings. The molecule has 3 heterocycles.